The number of hydrogen-bond acceptors (Lipinski definition) is 3. The Kier molecular flexibility index (Phi) is 3.57. The molecule has 0 fully saturated rings. The predicted molar refractivity (Wildman–Crippen MR) is 75.0 cm³/mol. The van der Waals surface area contributed by atoms with Crippen molar-refractivity contribution in [2.24, 2.45) is 7.05 Å². The number of nitrogens with zero attached hydrogens (tertiary/aromatic N) is 2. The minimum atomic E-state index is -0.136. The molecule has 18 heavy (non-hydrogen) atoms. The number of fused-ring (bicyclic) bond motifs is 1. The molecular weight excluding hydrogens is 250 g/mol. The largest absolute Gasteiger partial charge is 0.398 e. The highest BCUT2D eigenvalue weighted by Gasteiger charge is 2.12. The molecule has 0 spiro atoms. The van der Waals surface area contributed by atoms with Crippen LogP contribution in [0.5, 0.6) is 0 Å². The minimum absolute atomic E-state index is 0.136. The molecule has 2 N–H and O–H groups in total. The molecule has 5 heteroatoms. The number of nitrogens with two attached hydrogens (primary N) is 1. The molecule has 0 radical (unpaired) electrons. The van der Waals surface area contributed by atoms with Crippen LogP contribution in [0.25, 0.3) is 10.9 Å². The summed E-state index contributed by atoms with van der Waals surface area (Å²) in [7, 11) is 1.72. The van der Waals surface area contributed by atoms with Crippen LogP contribution < -0.4 is 11.3 Å². The summed E-state index contributed by atoms with van der Waals surface area (Å²) >= 11 is 6.08. The van der Waals surface area contributed by atoms with Gasteiger partial charge in [0, 0.05) is 13.5 Å². The average Bonchev–Trinajstić information content (AvgIpc) is 2.36. The third-order valence-corrected chi connectivity index (χ3v) is 3.47. The van der Waals surface area contributed by atoms with Gasteiger partial charge in [-0.25, -0.2) is 4.98 Å². The molecule has 1 aromatic heterocycles. The number of anilines is 1. The van der Waals surface area contributed by atoms with Gasteiger partial charge in [0.25, 0.3) is 5.56 Å². The maximum Gasteiger partial charge on any atom is 0.262 e. The molecule has 0 aliphatic heterocycles. The smallest absolute Gasteiger partial charge is 0.262 e. The molecule has 96 valence electrons. The van der Waals surface area contributed by atoms with Crippen molar-refractivity contribution < 1.29 is 0 Å². The second-order valence-corrected chi connectivity index (χ2v) is 4.74. The van der Waals surface area contributed by atoms with Gasteiger partial charge < -0.3 is 5.73 Å². The topological polar surface area (TPSA) is 60.9 Å². The van der Waals surface area contributed by atoms with Crippen molar-refractivity contribution >= 4 is 28.2 Å². The molecule has 2 aromatic rings. The molecule has 0 aliphatic carbocycles. The number of hydrogen-bond donors (Lipinski definition) is 1. The Hall–Kier alpha value is -1.55. The number of aryl methyl sites for hydroxylation is 1. The Bertz CT molecular complexity index is 649. The normalized spacial score (nSPS) is 11.1. The van der Waals surface area contributed by atoms with E-state index in [1.165, 1.54) is 0 Å². The molecule has 0 unspecified atom stereocenters. The molecule has 0 saturated carbocycles. The van der Waals surface area contributed by atoms with E-state index in [1.807, 2.05) is 0 Å². The van der Waals surface area contributed by atoms with Crippen LogP contribution in [-0.4, -0.2) is 9.55 Å². The number of nitrogen functional groups attached to an aromatic ring is 1. The molecule has 0 aliphatic rings. The summed E-state index contributed by atoms with van der Waals surface area (Å²) in [4.78, 5) is 16.8. The Morgan fingerprint density at radius 1 is 1.44 bits per heavy atom. The molecule has 2 rings (SSSR count). The van der Waals surface area contributed by atoms with Gasteiger partial charge in [-0.1, -0.05) is 24.9 Å². The van der Waals surface area contributed by atoms with E-state index >= 15 is 0 Å². The molecular formula is C13H16ClN3O. The summed E-state index contributed by atoms with van der Waals surface area (Å²) in [6.45, 7) is 2.11. The van der Waals surface area contributed by atoms with Crippen LogP contribution >= 0.6 is 11.6 Å². The first-order valence-electron chi connectivity index (χ1n) is 5.99. The number of rotatable bonds is 3. The fourth-order valence-electron chi connectivity index (χ4n) is 1.94. The summed E-state index contributed by atoms with van der Waals surface area (Å²) in [5.41, 5.74) is 6.60. The van der Waals surface area contributed by atoms with Gasteiger partial charge in [-0.05, 0) is 18.6 Å². The highest BCUT2D eigenvalue weighted by Crippen LogP contribution is 2.25. The summed E-state index contributed by atoms with van der Waals surface area (Å²) in [5, 5.41) is 0.696. The SMILES string of the molecule is CCCCc1nc2ccc(N)c(Cl)c2c(=O)n1C. The lowest BCUT2D eigenvalue weighted by atomic mass is 10.2. The molecule has 4 nitrogen and oxygen atoms in total. The quantitative estimate of drug-likeness (QED) is 0.868. The fourth-order valence-corrected chi connectivity index (χ4v) is 2.18. The first-order valence-corrected chi connectivity index (χ1v) is 6.37. The number of benzene rings is 1. The van der Waals surface area contributed by atoms with E-state index in [9.17, 15) is 4.79 Å². The van der Waals surface area contributed by atoms with Gasteiger partial charge in [-0.15, -0.1) is 0 Å². The van der Waals surface area contributed by atoms with E-state index in [0.29, 0.717) is 21.6 Å². The zero-order chi connectivity index (χ0) is 13.3. The van der Waals surface area contributed by atoms with Gasteiger partial charge in [-0.3, -0.25) is 9.36 Å². The van der Waals surface area contributed by atoms with E-state index in [1.54, 1.807) is 23.7 Å². The van der Waals surface area contributed by atoms with Gasteiger partial charge >= 0.3 is 0 Å². The third-order valence-electron chi connectivity index (χ3n) is 3.06. The van der Waals surface area contributed by atoms with Crippen LogP contribution in [0.1, 0.15) is 25.6 Å². The summed E-state index contributed by atoms with van der Waals surface area (Å²) in [6, 6.07) is 3.42. The Morgan fingerprint density at radius 3 is 2.83 bits per heavy atom. The second kappa shape index (κ2) is 4.98. The number of aromatic nitrogens is 2. The van der Waals surface area contributed by atoms with Crippen molar-refractivity contribution in [3.63, 3.8) is 0 Å². The number of unbranched alkanes of at least 4 members (excludes halogenated alkanes) is 1. The third kappa shape index (κ3) is 2.08. The first kappa shape index (κ1) is 12.9. The van der Waals surface area contributed by atoms with Gasteiger partial charge in [-0.2, -0.15) is 0 Å². The van der Waals surface area contributed by atoms with Crippen LogP contribution in [0.4, 0.5) is 5.69 Å². The van der Waals surface area contributed by atoms with Crippen molar-refractivity contribution in [3.8, 4) is 0 Å². The maximum absolute atomic E-state index is 12.3. The zero-order valence-corrected chi connectivity index (χ0v) is 11.3. The Balaban J connectivity index is 2.71. The second-order valence-electron chi connectivity index (χ2n) is 4.36. The lowest BCUT2D eigenvalue weighted by Gasteiger charge is -2.10. The zero-order valence-electron chi connectivity index (χ0n) is 10.5. The molecule has 0 bridgehead atoms. The Labute approximate surface area is 110 Å². The van der Waals surface area contributed by atoms with Crippen molar-refractivity contribution in [2.75, 3.05) is 5.73 Å². The highest BCUT2D eigenvalue weighted by atomic mass is 35.5. The van der Waals surface area contributed by atoms with Gasteiger partial charge in [0.15, 0.2) is 0 Å². The van der Waals surface area contributed by atoms with E-state index in [0.717, 1.165) is 25.1 Å². The lowest BCUT2D eigenvalue weighted by molar-refractivity contribution is 0.684. The van der Waals surface area contributed by atoms with Crippen molar-refractivity contribution in [2.45, 2.75) is 26.2 Å². The van der Waals surface area contributed by atoms with E-state index in [-0.39, 0.29) is 5.56 Å². The van der Waals surface area contributed by atoms with Crippen LogP contribution in [0.2, 0.25) is 5.02 Å². The summed E-state index contributed by atoms with van der Waals surface area (Å²) in [5.74, 6) is 0.787. The standard InChI is InChI=1S/C13H16ClN3O/c1-3-4-5-10-16-9-7-6-8(15)12(14)11(9)13(18)17(10)2/h6-7H,3-5,15H2,1-2H3. The Morgan fingerprint density at radius 2 is 2.17 bits per heavy atom. The maximum atomic E-state index is 12.3. The summed E-state index contributed by atoms with van der Waals surface area (Å²) < 4.78 is 1.56. The molecule has 0 amide bonds. The van der Waals surface area contributed by atoms with Gasteiger partial charge in [0.2, 0.25) is 0 Å². The average molecular weight is 266 g/mol. The van der Waals surface area contributed by atoms with Crippen LogP contribution in [0.15, 0.2) is 16.9 Å². The van der Waals surface area contributed by atoms with E-state index in [4.69, 9.17) is 17.3 Å². The molecule has 1 aromatic carbocycles. The van der Waals surface area contributed by atoms with Gasteiger partial charge in [0.05, 0.1) is 21.6 Å². The molecule has 1 heterocycles. The first-order chi connectivity index (χ1) is 8.56. The molecule has 0 atom stereocenters. The van der Waals surface area contributed by atoms with Crippen molar-refractivity contribution in [1.29, 1.82) is 0 Å². The number of halogens is 1. The predicted octanol–water partition coefficient (Wildman–Crippen LogP) is 2.51. The minimum Gasteiger partial charge on any atom is -0.398 e. The van der Waals surface area contributed by atoms with Crippen molar-refractivity contribution in [1.82, 2.24) is 9.55 Å². The van der Waals surface area contributed by atoms with Crippen LogP contribution in [0, 0.1) is 0 Å². The van der Waals surface area contributed by atoms with Crippen molar-refractivity contribution in [3.05, 3.63) is 33.3 Å². The lowest BCUT2D eigenvalue weighted by Crippen LogP contribution is -2.22. The highest BCUT2D eigenvalue weighted by molar-refractivity contribution is 6.37. The summed E-state index contributed by atoms with van der Waals surface area (Å²) in [6.07, 6.45) is 2.87. The monoisotopic (exact) mass is 265 g/mol. The van der Waals surface area contributed by atoms with E-state index in [2.05, 4.69) is 11.9 Å². The van der Waals surface area contributed by atoms with Gasteiger partial charge in [0.1, 0.15) is 5.82 Å². The van der Waals surface area contributed by atoms with E-state index < -0.39 is 0 Å². The fraction of sp³-hybridized carbons (Fsp3) is 0.385. The molecule has 0 saturated heterocycles. The van der Waals surface area contributed by atoms with Crippen LogP contribution in [-0.2, 0) is 13.5 Å². The van der Waals surface area contributed by atoms with Crippen LogP contribution in [0.3, 0.4) is 0 Å².